The highest BCUT2D eigenvalue weighted by molar-refractivity contribution is 6.45. The fourth-order valence-corrected chi connectivity index (χ4v) is 3.93. The highest BCUT2D eigenvalue weighted by Gasteiger charge is 2.31. The van der Waals surface area contributed by atoms with Gasteiger partial charge in [0.05, 0.1) is 29.3 Å². The minimum atomic E-state index is -0.819. The summed E-state index contributed by atoms with van der Waals surface area (Å²) in [4.78, 5) is 44.3. The molecule has 35 heavy (non-hydrogen) atoms. The number of aromatic nitrogens is 3. The highest BCUT2D eigenvalue weighted by Crippen LogP contribution is 2.29. The number of fused-ring (bicyclic) bond motifs is 1. The number of nitrogens with zero attached hydrogens (tertiary/aromatic N) is 6. The van der Waals surface area contributed by atoms with Crippen LogP contribution in [0.3, 0.4) is 0 Å². The number of nitrogens with two attached hydrogens (primary N) is 1. The molecular formula is C23H25FN8O3. The van der Waals surface area contributed by atoms with E-state index in [4.69, 9.17) is 10.6 Å². The Balaban J connectivity index is 1.52. The molecule has 0 bridgehead atoms. The number of carbonyl (C=O) groups is 2. The summed E-state index contributed by atoms with van der Waals surface area (Å²) in [6.07, 6.45) is 6.62. The van der Waals surface area contributed by atoms with Gasteiger partial charge in [0.15, 0.2) is 23.2 Å². The standard InChI is InChI=1S/C23H25FN8O3/c1-3-35-17-5-4-6-27-21(17)30-9-11-31(12-10-30)23(34)20(33)15-13-28-19-18(15)16(24)14-29-22(19)32(25)8-7-26-2/h4-8,13-14,28H,2-3,9-12,25H2,1H3/b8-7-. The number of amides is 1. The zero-order valence-corrected chi connectivity index (χ0v) is 19.1. The molecule has 3 N–H and O–H groups in total. The van der Waals surface area contributed by atoms with Gasteiger partial charge in [0.1, 0.15) is 0 Å². The fraction of sp³-hybridized carbons (Fsp3) is 0.261. The molecule has 4 heterocycles. The molecule has 0 atom stereocenters. The number of rotatable bonds is 8. The maximum atomic E-state index is 14.7. The number of halogens is 1. The molecule has 1 saturated heterocycles. The van der Waals surface area contributed by atoms with E-state index in [2.05, 4.69) is 26.7 Å². The van der Waals surface area contributed by atoms with Gasteiger partial charge in [-0.2, -0.15) is 0 Å². The van der Waals surface area contributed by atoms with Gasteiger partial charge in [-0.25, -0.2) is 20.2 Å². The minimum Gasteiger partial charge on any atom is -0.490 e. The maximum absolute atomic E-state index is 14.7. The van der Waals surface area contributed by atoms with Crippen LogP contribution in [0.15, 0.2) is 48.1 Å². The lowest BCUT2D eigenvalue weighted by atomic mass is 10.1. The monoisotopic (exact) mass is 480 g/mol. The summed E-state index contributed by atoms with van der Waals surface area (Å²) in [5.74, 6) is 5.16. The highest BCUT2D eigenvalue weighted by atomic mass is 19.1. The van der Waals surface area contributed by atoms with Crippen LogP contribution in [0.1, 0.15) is 17.3 Å². The summed E-state index contributed by atoms with van der Waals surface area (Å²) in [6.45, 7) is 7.28. The summed E-state index contributed by atoms with van der Waals surface area (Å²) < 4.78 is 20.3. The first-order valence-electron chi connectivity index (χ1n) is 10.9. The number of hydrazine groups is 1. The Hall–Kier alpha value is -4.32. The molecule has 0 unspecified atom stereocenters. The number of aliphatic imine (C=N–C) groups is 1. The van der Waals surface area contributed by atoms with Crippen molar-refractivity contribution in [1.82, 2.24) is 19.9 Å². The fourth-order valence-electron chi connectivity index (χ4n) is 3.93. The predicted molar refractivity (Wildman–Crippen MR) is 130 cm³/mol. The molecule has 0 radical (unpaired) electrons. The molecule has 0 saturated carbocycles. The number of aromatic amines is 1. The van der Waals surface area contributed by atoms with Gasteiger partial charge in [-0.15, -0.1) is 0 Å². The molecule has 3 aromatic heterocycles. The largest absolute Gasteiger partial charge is 0.490 e. The Morgan fingerprint density at radius 2 is 2.11 bits per heavy atom. The quantitative estimate of drug-likeness (QED) is 0.164. The number of ether oxygens (including phenoxy) is 1. The molecule has 0 aromatic carbocycles. The summed E-state index contributed by atoms with van der Waals surface area (Å²) in [5.41, 5.74) is 0.0944. The third kappa shape index (κ3) is 4.68. The summed E-state index contributed by atoms with van der Waals surface area (Å²) in [6, 6.07) is 3.64. The number of pyridine rings is 2. The molecule has 182 valence electrons. The Kier molecular flexibility index (Phi) is 7.01. The third-order valence-electron chi connectivity index (χ3n) is 5.58. The van der Waals surface area contributed by atoms with Crippen LogP contribution >= 0.6 is 0 Å². The molecule has 1 aliphatic rings. The zero-order chi connectivity index (χ0) is 24.9. The number of nitrogens with one attached hydrogen (secondary N) is 1. The van der Waals surface area contributed by atoms with Crippen LogP contribution in [0.2, 0.25) is 0 Å². The minimum absolute atomic E-state index is 0.0581. The molecular weight excluding hydrogens is 455 g/mol. The third-order valence-corrected chi connectivity index (χ3v) is 5.58. The maximum Gasteiger partial charge on any atom is 0.295 e. The van der Waals surface area contributed by atoms with Crippen LogP contribution in [0.4, 0.5) is 16.0 Å². The molecule has 1 amide bonds. The van der Waals surface area contributed by atoms with Gasteiger partial charge in [-0.1, -0.05) is 0 Å². The summed E-state index contributed by atoms with van der Waals surface area (Å²) in [7, 11) is 0. The van der Waals surface area contributed by atoms with Crippen molar-refractivity contribution in [2.45, 2.75) is 6.92 Å². The van der Waals surface area contributed by atoms with Crippen molar-refractivity contribution in [3.63, 3.8) is 0 Å². The van der Waals surface area contributed by atoms with Crippen LogP contribution in [0.25, 0.3) is 10.9 Å². The van der Waals surface area contributed by atoms with E-state index >= 15 is 0 Å². The van der Waals surface area contributed by atoms with Gasteiger partial charge in [0, 0.05) is 51.0 Å². The molecule has 0 aliphatic carbocycles. The van der Waals surface area contributed by atoms with Crippen molar-refractivity contribution in [1.29, 1.82) is 0 Å². The van der Waals surface area contributed by atoms with Gasteiger partial charge in [0.25, 0.3) is 11.7 Å². The Bertz CT molecular complexity index is 1280. The van der Waals surface area contributed by atoms with E-state index in [0.717, 1.165) is 11.2 Å². The second-order valence-corrected chi connectivity index (χ2v) is 7.64. The number of anilines is 2. The predicted octanol–water partition coefficient (Wildman–Crippen LogP) is 1.88. The molecule has 0 spiro atoms. The van der Waals surface area contributed by atoms with Gasteiger partial charge in [-0.3, -0.25) is 19.6 Å². The number of hydrogen-bond donors (Lipinski definition) is 2. The van der Waals surface area contributed by atoms with Crippen LogP contribution in [-0.4, -0.2) is 71.0 Å². The number of H-pyrrole nitrogens is 1. The number of piperazine rings is 1. The normalized spacial score (nSPS) is 13.9. The van der Waals surface area contributed by atoms with Crippen molar-refractivity contribution in [3.05, 3.63) is 54.5 Å². The van der Waals surface area contributed by atoms with E-state index in [9.17, 15) is 14.0 Å². The Morgan fingerprint density at radius 3 is 2.83 bits per heavy atom. The Labute approximate surface area is 200 Å². The molecule has 1 fully saturated rings. The van der Waals surface area contributed by atoms with E-state index in [1.807, 2.05) is 17.9 Å². The molecule has 1 aliphatic heterocycles. The lowest BCUT2D eigenvalue weighted by Crippen LogP contribution is -2.51. The average Bonchev–Trinajstić information content (AvgIpc) is 3.33. The molecule has 11 nitrogen and oxygen atoms in total. The summed E-state index contributed by atoms with van der Waals surface area (Å²) >= 11 is 0. The van der Waals surface area contributed by atoms with Crippen molar-refractivity contribution in [3.8, 4) is 5.75 Å². The van der Waals surface area contributed by atoms with E-state index in [1.54, 1.807) is 12.3 Å². The second kappa shape index (κ2) is 10.3. The number of hydrogen-bond acceptors (Lipinski definition) is 9. The Morgan fingerprint density at radius 1 is 1.34 bits per heavy atom. The number of carbonyl (C=O) groups excluding carboxylic acids is 2. The van der Waals surface area contributed by atoms with Gasteiger partial charge >= 0.3 is 0 Å². The van der Waals surface area contributed by atoms with Crippen LogP contribution in [0, 0.1) is 5.82 Å². The molecule has 4 rings (SSSR count). The smallest absolute Gasteiger partial charge is 0.295 e. The van der Waals surface area contributed by atoms with E-state index in [1.165, 1.54) is 23.5 Å². The first-order valence-corrected chi connectivity index (χ1v) is 10.9. The zero-order valence-electron chi connectivity index (χ0n) is 19.1. The summed E-state index contributed by atoms with van der Waals surface area (Å²) in [5, 5.41) is 1.05. The van der Waals surface area contributed by atoms with Crippen LogP contribution < -0.4 is 20.5 Å². The average molecular weight is 481 g/mol. The van der Waals surface area contributed by atoms with Crippen LogP contribution in [0.5, 0.6) is 5.75 Å². The van der Waals surface area contributed by atoms with Gasteiger partial charge < -0.3 is 19.5 Å². The number of Topliss-reactive ketones (excluding diaryl/α,β-unsaturated/α-hetero) is 1. The van der Waals surface area contributed by atoms with Crippen molar-refractivity contribution in [2.75, 3.05) is 42.7 Å². The van der Waals surface area contributed by atoms with Gasteiger partial charge in [0.2, 0.25) is 0 Å². The van der Waals surface area contributed by atoms with E-state index in [0.29, 0.717) is 44.4 Å². The lowest BCUT2D eigenvalue weighted by Gasteiger charge is -2.35. The van der Waals surface area contributed by atoms with E-state index in [-0.39, 0.29) is 22.3 Å². The van der Waals surface area contributed by atoms with Crippen molar-refractivity contribution >= 4 is 40.9 Å². The van der Waals surface area contributed by atoms with Crippen molar-refractivity contribution in [2.24, 2.45) is 10.8 Å². The first kappa shape index (κ1) is 23.8. The first-order chi connectivity index (χ1) is 17.0. The van der Waals surface area contributed by atoms with E-state index < -0.39 is 17.5 Å². The lowest BCUT2D eigenvalue weighted by molar-refractivity contribution is -0.126. The molecule has 12 heteroatoms. The van der Waals surface area contributed by atoms with Crippen LogP contribution in [-0.2, 0) is 4.79 Å². The molecule has 3 aromatic rings. The SMILES string of the molecule is C=N/C=C\N(N)c1ncc(F)c2c(C(=O)C(=O)N3CCN(c4ncccc4OCC)CC3)c[nH]c12. The topological polar surface area (TPSA) is 133 Å². The van der Waals surface area contributed by atoms with Crippen molar-refractivity contribution < 1.29 is 18.7 Å². The number of ketones is 1. The second-order valence-electron chi connectivity index (χ2n) is 7.64. The van der Waals surface area contributed by atoms with Gasteiger partial charge in [-0.05, 0) is 25.8 Å².